The molecule has 0 aliphatic carbocycles. The van der Waals surface area contributed by atoms with Crippen molar-refractivity contribution >= 4 is 23.0 Å². The summed E-state index contributed by atoms with van der Waals surface area (Å²) in [6.45, 7) is 5.27. The number of morpholine rings is 1. The summed E-state index contributed by atoms with van der Waals surface area (Å²) in [4.78, 5) is 17.1. The standard InChI is InChI=1S/C19H23N3O3/c23-19(18-4-3-11-25-18)20-16-14-15(21-9-12-24-13-10-21)5-6-17(16)22-7-1-2-8-22/h3-6,11,14H,1-2,7-10,12-13H2,(H,20,23). The number of furan rings is 1. The quantitative estimate of drug-likeness (QED) is 0.926. The number of rotatable bonds is 4. The number of hydrogen-bond donors (Lipinski definition) is 1. The fourth-order valence-corrected chi connectivity index (χ4v) is 3.47. The summed E-state index contributed by atoms with van der Waals surface area (Å²) in [5.74, 6) is 0.105. The van der Waals surface area contributed by atoms with Crippen LogP contribution < -0.4 is 15.1 Å². The monoisotopic (exact) mass is 341 g/mol. The first-order valence-corrected chi connectivity index (χ1v) is 8.88. The van der Waals surface area contributed by atoms with Crippen molar-refractivity contribution in [1.82, 2.24) is 0 Å². The van der Waals surface area contributed by atoms with Gasteiger partial charge >= 0.3 is 0 Å². The number of anilines is 3. The third-order valence-corrected chi connectivity index (χ3v) is 4.80. The summed E-state index contributed by atoms with van der Waals surface area (Å²) in [5, 5.41) is 3.04. The maximum atomic E-state index is 12.5. The Kier molecular flexibility index (Phi) is 4.61. The minimum absolute atomic E-state index is 0.218. The van der Waals surface area contributed by atoms with Crippen LogP contribution >= 0.6 is 0 Å². The molecule has 2 aromatic rings. The van der Waals surface area contributed by atoms with Crippen molar-refractivity contribution in [3.05, 3.63) is 42.4 Å². The lowest BCUT2D eigenvalue weighted by Gasteiger charge is -2.30. The molecule has 0 atom stereocenters. The molecule has 2 aliphatic heterocycles. The van der Waals surface area contributed by atoms with Crippen LogP contribution in [0.15, 0.2) is 41.0 Å². The number of benzene rings is 1. The number of hydrogen-bond acceptors (Lipinski definition) is 5. The minimum atomic E-state index is -0.218. The summed E-state index contributed by atoms with van der Waals surface area (Å²) >= 11 is 0. The van der Waals surface area contributed by atoms with E-state index in [9.17, 15) is 4.79 Å². The Balaban J connectivity index is 1.63. The van der Waals surface area contributed by atoms with E-state index < -0.39 is 0 Å². The average Bonchev–Trinajstić information content (AvgIpc) is 3.36. The molecule has 6 heteroatoms. The van der Waals surface area contributed by atoms with Gasteiger partial charge in [0.05, 0.1) is 30.9 Å². The van der Waals surface area contributed by atoms with E-state index >= 15 is 0 Å². The van der Waals surface area contributed by atoms with Crippen LogP contribution in [-0.4, -0.2) is 45.3 Å². The van der Waals surface area contributed by atoms with Gasteiger partial charge in [-0.3, -0.25) is 4.79 Å². The van der Waals surface area contributed by atoms with Gasteiger partial charge < -0.3 is 24.3 Å². The molecule has 0 bridgehead atoms. The van der Waals surface area contributed by atoms with E-state index in [1.807, 2.05) is 0 Å². The van der Waals surface area contributed by atoms with Crippen LogP contribution in [0.3, 0.4) is 0 Å². The van der Waals surface area contributed by atoms with Crippen LogP contribution in [0.1, 0.15) is 23.4 Å². The molecule has 1 amide bonds. The molecule has 25 heavy (non-hydrogen) atoms. The molecule has 0 unspecified atom stereocenters. The molecule has 6 nitrogen and oxygen atoms in total. The van der Waals surface area contributed by atoms with Gasteiger partial charge in [-0.2, -0.15) is 0 Å². The van der Waals surface area contributed by atoms with Gasteiger partial charge in [0.15, 0.2) is 5.76 Å². The SMILES string of the molecule is O=C(Nc1cc(N2CCOCC2)ccc1N1CCCC1)c1ccco1. The maximum absolute atomic E-state index is 12.5. The second kappa shape index (κ2) is 7.19. The zero-order valence-corrected chi connectivity index (χ0v) is 14.2. The van der Waals surface area contributed by atoms with E-state index in [1.54, 1.807) is 12.1 Å². The largest absolute Gasteiger partial charge is 0.459 e. The highest BCUT2D eigenvalue weighted by Crippen LogP contribution is 2.33. The molecule has 132 valence electrons. The predicted octanol–water partition coefficient (Wildman–Crippen LogP) is 2.97. The third kappa shape index (κ3) is 3.49. The molecule has 1 aromatic carbocycles. The molecule has 2 fully saturated rings. The first-order valence-electron chi connectivity index (χ1n) is 8.88. The molecule has 0 spiro atoms. The van der Waals surface area contributed by atoms with E-state index in [-0.39, 0.29) is 5.91 Å². The Morgan fingerprint density at radius 1 is 1.00 bits per heavy atom. The van der Waals surface area contributed by atoms with E-state index in [0.29, 0.717) is 5.76 Å². The van der Waals surface area contributed by atoms with Crippen LogP contribution in [0, 0.1) is 0 Å². The summed E-state index contributed by atoms with van der Waals surface area (Å²) < 4.78 is 10.7. The molecule has 3 heterocycles. The van der Waals surface area contributed by atoms with Gasteiger partial charge in [-0.1, -0.05) is 0 Å². The number of carbonyl (C=O) groups is 1. The van der Waals surface area contributed by atoms with Gasteiger partial charge in [-0.15, -0.1) is 0 Å². The first-order chi connectivity index (χ1) is 12.3. The van der Waals surface area contributed by atoms with Gasteiger partial charge in [0, 0.05) is 31.9 Å². The van der Waals surface area contributed by atoms with E-state index in [1.165, 1.54) is 19.1 Å². The lowest BCUT2D eigenvalue weighted by molar-refractivity contribution is 0.0996. The molecule has 0 saturated carbocycles. The highest BCUT2D eigenvalue weighted by Gasteiger charge is 2.20. The third-order valence-electron chi connectivity index (χ3n) is 4.80. The maximum Gasteiger partial charge on any atom is 0.291 e. The molecule has 4 rings (SSSR count). The summed E-state index contributed by atoms with van der Waals surface area (Å²) in [6, 6.07) is 9.73. The van der Waals surface area contributed by atoms with Gasteiger partial charge in [0.2, 0.25) is 0 Å². The van der Waals surface area contributed by atoms with Crippen molar-refractivity contribution in [3.63, 3.8) is 0 Å². The highest BCUT2D eigenvalue weighted by molar-refractivity contribution is 6.04. The zero-order valence-electron chi connectivity index (χ0n) is 14.2. The Morgan fingerprint density at radius 3 is 2.52 bits per heavy atom. The summed E-state index contributed by atoms with van der Waals surface area (Å²) in [7, 11) is 0. The average molecular weight is 341 g/mol. The van der Waals surface area contributed by atoms with Crippen LogP contribution in [0.2, 0.25) is 0 Å². The van der Waals surface area contributed by atoms with Gasteiger partial charge in [0.25, 0.3) is 5.91 Å². The summed E-state index contributed by atoms with van der Waals surface area (Å²) in [6.07, 6.45) is 3.90. The fraction of sp³-hybridized carbons (Fsp3) is 0.421. The number of amides is 1. The number of carbonyl (C=O) groups excluding carboxylic acids is 1. The van der Waals surface area contributed by atoms with Crippen LogP contribution in [-0.2, 0) is 4.74 Å². The van der Waals surface area contributed by atoms with Crippen molar-refractivity contribution in [3.8, 4) is 0 Å². The van der Waals surface area contributed by atoms with Crippen molar-refractivity contribution in [2.75, 3.05) is 54.5 Å². The van der Waals surface area contributed by atoms with Crippen molar-refractivity contribution in [2.45, 2.75) is 12.8 Å². The predicted molar refractivity (Wildman–Crippen MR) is 97.6 cm³/mol. The van der Waals surface area contributed by atoms with Crippen LogP contribution in [0.25, 0.3) is 0 Å². The van der Waals surface area contributed by atoms with E-state index in [2.05, 4.69) is 33.3 Å². The van der Waals surface area contributed by atoms with Gasteiger partial charge in [0.1, 0.15) is 0 Å². The lowest BCUT2D eigenvalue weighted by atomic mass is 10.2. The number of nitrogens with zero attached hydrogens (tertiary/aromatic N) is 2. The van der Waals surface area contributed by atoms with E-state index in [4.69, 9.17) is 9.15 Å². The second-order valence-electron chi connectivity index (χ2n) is 6.43. The minimum Gasteiger partial charge on any atom is -0.459 e. The van der Waals surface area contributed by atoms with Crippen molar-refractivity contribution in [1.29, 1.82) is 0 Å². The van der Waals surface area contributed by atoms with Crippen molar-refractivity contribution in [2.24, 2.45) is 0 Å². The second-order valence-corrected chi connectivity index (χ2v) is 6.43. The Labute approximate surface area is 147 Å². The Bertz CT molecular complexity index is 718. The van der Waals surface area contributed by atoms with E-state index in [0.717, 1.165) is 56.5 Å². The van der Waals surface area contributed by atoms with Gasteiger partial charge in [-0.25, -0.2) is 0 Å². The molecular weight excluding hydrogens is 318 g/mol. The van der Waals surface area contributed by atoms with Crippen LogP contribution in [0.4, 0.5) is 17.1 Å². The number of nitrogens with one attached hydrogen (secondary N) is 1. The number of ether oxygens (including phenoxy) is 1. The summed E-state index contributed by atoms with van der Waals surface area (Å²) in [5.41, 5.74) is 3.03. The normalized spacial score (nSPS) is 17.8. The topological polar surface area (TPSA) is 58.0 Å². The molecule has 1 N–H and O–H groups in total. The zero-order chi connectivity index (χ0) is 17.1. The molecule has 0 radical (unpaired) electrons. The first kappa shape index (κ1) is 16.0. The lowest BCUT2D eigenvalue weighted by Crippen LogP contribution is -2.36. The Morgan fingerprint density at radius 2 is 1.80 bits per heavy atom. The molecular formula is C19H23N3O3. The molecule has 2 aliphatic rings. The van der Waals surface area contributed by atoms with Crippen LogP contribution in [0.5, 0.6) is 0 Å². The smallest absolute Gasteiger partial charge is 0.291 e. The van der Waals surface area contributed by atoms with Gasteiger partial charge in [-0.05, 0) is 43.2 Å². The van der Waals surface area contributed by atoms with Crippen molar-refractivity contribution < 1.29 is 13.9 Å². The highest BCUT2D eigenvalue weighted by atomic mass is 16.5. The Hall–Kier alpha value is -2.47. The molecule has 1 aromatic heterocycles. The fourth-order valence-electron chi connectivity index (χ4n) is 3.47. The molecule has 2 saturated heterocycles.